The molecule has 0 aromatic heterocycles. The largest absolute Gasteiger partial charge is 0.492 e. The Morgan fingerprint density at radius 1 is 1.42 bits per heavy atom. The molecule has 102 valence electrons. The zero-order valence-electron chi connectivity index (χ0n) is 11.3. The van der Waals surface area contributed by atoms with E-state index in [1.165, 1.54) is 11.5 Å². The van der Waals surface area contributed by atoms with Gasteiger partial charge in [-0.3, -0.25) is 4.90 Å². The standard InChI is InChI=1S/C15H20N2OS/c1-13-12-19-11-9-17(13)8-10-18-15-4-2-14(3-5-15)6-7-16/h2-5,13H,6,8-12H2,1H3. The fourth-order valence-corrected chi connectivity index (χ4v) is 3.25. The molecular weight excluding hydrogens is 256 g/mol. The van der Waals surface area contributed by atoms with Gasteiger partial charge in [-0.05, 0) is 24.6 Å². The van der Waals surface area contributed by atoms with Crippen LogP contribution < -0.4 is 4.74 Å². The molecule has 1 heterocycles. The maximum Gasteiger partial charge on any atom is 0.119 e. The fraction of sp³-hybridized carbons (Fsp3) is 0.533. The van der Waals surface area contributed by atoms with E-state index in [-0.39, 0.29) is 0 Å². The van der Waals surface area contributed by atoms with Crippen molar-refractivity contribution >= 4 is 11.8 Å². The molecule has 0 amide bonds. The summed E-state index contributed by atoms with van der Waals surface area (Å²) in [4.78, 5) is 2.49. The third kappa shape index (κ3) is 4.45. The van der Waals surface area contributed by atoms with Crippen molar-refractivity contribution in [3.63, 3.8) is 0 Å². The van der Waals surface area contributed by atoms with Gasteiger partial charge in [-0.25, -0.2) is 0 Å². The normalized spacial score (nSPS) is 19.9. The molecule has 0 bridgehead atoms. The smallest absolute Gasteiger partial charge is 0.119 e. The first-order valence-electron chi connectivity index (χ1n) is 6.70. The van der Waals surface area contributed by atoms with Crippen LogP contribution in [-0.2, 0) is 6.42 Å². The van der Waals surface area contributed by atoms with Gasteiger partial charge in [0.15, 0.2) is 0 Å². The van der Waals surface area contributed by atoms with E-state index in [0.29, 0.717) is 12.5 Å². The van der Waals surface area contributed by atoms with Crippen molar-refractivity contribution < 1.29 is 4.74 Å². The SMILES string of the molecule is CC1CSCCN1CCOc1ccc(CC#N)cc1. The first-order valence-corrected chi connectivity index (χ1v) is 7.85. The molecule has 0 aliphatic carbocycles. The van der Waals surface area contributed by atoms with Crippen LogP contribution in [0.5, 0.6) is 5.75 Å². The molecule has 19 heavy (non-hydrogen) atoms. The van der Waals surface area contributed by atoms with Gasteiger partial charge in [0.2, 0.25) is 0 Å². The van der Waals surface area contributed by atoms with E-state index in [1.807, 2.05) is 36.0 Å². The minimum absolute atomic E-state index is 0.462. The number of rotatable bonds is 5. The van der Waals surface area contributed by atoms with Gasteiger partial charge in [0.05, 0.1) is 12.5 Å². The molecule has 1 atom stereocenters. The zero-order valence-corrected chi connectivity index (χ0v) is 12.2. The highest BCUT2D eigenvalue weighted by molar-refractivity contribution is 7.99. The van der Waals surface area contributed by atoms with Gasteiger partial charge in [0.1, 0.15) is 12.4 Å². The van der Waals surface area contributed by atoms with Crippen LogP contribution in [0.25, 0.3) is 0 Å². The van der Waals surface area contributed by atoms with Gasteiger partial charge in [-0.15, -0.1) is 0 Å². The second kappa shape index (κ2) is 7.42. The Balaban J connectivity index is 1.74. The molecular formula is C15H20N2OS. The Morgan fingerprint density at radius 2 is 2.21 bits per heavy atom. The third-order valence-corrected chi connectivity index (χ3v) is 4.55. The summed E-state index contributed by atoms with van der Waals surface area (Å²) in [6, 6.07) is 10.6. The van der Waals surface area contributed by atoms with Crippen LogP contribution in [0.15, 0.2) is 24.3 Å². The zero-order chi connectivity index (χ0) is 13.5. The summed E-state index contributed by atoms with van der Waals surface area (Å²) in [5, 5.41) is 8.61. The van der Waals surface area contributed by atoms with Crippen LogP contribution in [0.4, 0.5) is 0 Å². The van der Waals surface area contributed by atoms with Crippen LogP contribution in [0, 0.1) is 11.3 Å². The molecule has 4 heteroatoms. The molecule has 1 aromatic carbocycles. The van der Waals surface area contributed by atoms with Crippen molar-refractivity contribution in [2.24, 2.45) is 0 Å². The molecule has 1 aromatic rings. The highest BCUT2D eigenvalue weighted by Crippen LogP contribution is 2.16. The highest BCUT2D eigenvalue weighted by Gasteiger charge is 2.17. The van der Waals surface area contributed by atoms with Crippen LogP contribution >= 0.6 is 11.8 Å². The van der Waals surface area contributed by atoms with Crippen molar-refractivity contribution in [3.8, 4) is 11.8 Å². The maximum absolute atomic E-state index is 8.61. The third-order valence-electron chi connectivity index (χ3n) is 3.36. The van der Waals surface area contributed by atoms with Crippen molar-refractivity contribution in [2.75, 3.05) is 31.2 Å². The van der Waals surface area contributed by atoms with Crippen LogP contribution in [0.1, 0.15) is 12.5 Å². The molecule has 1 saturated heterocycles. The number of nitriles is 1. The molecule has 1 aliphatic heterocycles. The van der Waals surface area contributed by atoms with Gasteiger partial charge < -0.3 is 4.74 Å². The molecule has 1 unspecified atom stereocenters. The second-order valence-corrected chi connectivity index (χ2v) is 5.94. The fourth-order valence-electron chi connectivity index (χ4n) is 2.17. The van der Waals surface area contributed by atoms with Crippen molar-refractivity contribution in [3.05, 3.63) is 29.8 Å². The van der Waals surface area contributed by atoms with E-state index < -0.39 is 0 Å². The van der Waals surface area contributed by atoms with E-state index >= 15 is 0 Å². The van der Waals surface area contributed by atoms with E-state index in [9.17, 15) is 0 Å². The number of ether oxygens (including phenoxy) is 1. The molecule has 2 rings (SSSR count). The summed E-state index contributed by atoms with van der Waals surface area (Å²) in [7, 11) is 0. The molecule has 0 spiro atoms. The predicted molar refractivity (Wildman–Crippen MR) is 79.6 cm³/mol. The second-order valence-electron chi connectivity index (χ2n) is 4.79. The lowest BCUT2D eigenvalue weighted by atomic mass is 10.2. The van der Waals surface area contributed by atoms with E-state index in [1.54, 1.807) is 0 Å². The summed E-state index contributed by atoms with van der Waals surface area (Å²) in [6.45, 7) is 5.16. The molecule has 3 nitrogen and oxygen atoms in total. The van der Waals surface area contributed by atoms with Gasteiger partial charge in [-0.1, -0.05) is 12.1 Å². The first kappa shape index (κ1) is 14.2. The van der Waals surface area contributed by atoms with Gasteiger partial charge in [-0.2, -0.15) is 17.0 Å². The quantitative estimate of drug-likeness (QED) is 0.828. The average molecular weight is 276 g/mol. The predicted octanol–water partition coefficient (Wildman–Crippen LogP) is 2.57. The topological polar surface area (TPSA) is 36.3 Å². The summed E-state index contributed by atoms with van der Waals surface area (Å²) >= 11 is 2.03. The number of hydrogen-bond donors (Lipinski definition) is 0. The molecule has 1 aliphatic rings. The average Bonchev–Trinajstić information content (AvgIpc) is 2.43. The Hall–Kier alpha value is -1.18. The van der Waals surface area contributed by atoms with Gasteiger partial charge in [0.25, 0.3) is 0 Å². The number of hydrogen-bond acceptors (Lipinski definition) is 4. The van der Waals surface area contributed by atoms with Gasteiger partial charge in [0, 0.05) is 30.6 Å². The minimum atomic E-state index is 0.462. The Morgan fingerprint density at radius 3 is 2.89 bits per heavy atom. The Labute approximate surface area is 119 Å². The van der Waals surface area contributed by atoms with Gasteiger partial charge >= 0.3 is 0 Å². The van der Waals surface area contributed by atoms with Crippen LogP contribution in [0.3, 0.4) is 0 Å². The van der Waals surface area contributed by atoms with E-state index in [2.05, 4.69) is 17.9 Å². The molecule has 0 radical (unpaired) electrons. The van der Waals surface area contributed by atoms with Crippen molar-refractivity contribution in [2.45, 2.75) is 19.4 Å². The maximum atomic E-state index is 8.61. The summed E-state index contributed by atoms with van der Waals surface area (Å²) < 4.78 is 5.76. The lowest BCUT2D eigenvalue weighted by molar-refractivity contribution is 0.183. The van der Waals surface area contributed by atoms with Crippen molar-refractivity contribution in [1.29, 1.82) is 5.26 Å². The molecule has 0 saturated carbocycles. The summed E-state index contributed by atoms with van der Waals surface area (Å²) in [6.07, 6.45) is 0.462. The lowest BCUT2D eigenvalue weighted by Gasteiger charge is -2.32. The van der Waals surface area contributed by atoms with E-state index in [4.69, 9.17) is 10.00 Å². The number of benzene rings is 1. The van der Waals surface area contributed by atoms with Crippen LogP contribution in [-0.4, -0.2) is 42.1 Å². The lowest BCUT2D eigenvalue weighted by Crippen LogP contribution is -2.42. The monoisotopic (exact) mass is 276 g/mol. The first-order chi connectivity index (χ1) is 9.29. The number of thioether (sulfide) groups is 1. The number of nitrogens with zero attached hydrogens (tertiary/aromatic N) is 2. The molecule has 1 fully saturated rings. The van der Waals surface area contributed by atoms with Crippen molar-refractivity contribution in [1.82, 2.24) is 4.90 Å². The minimum Gasteiger partial charge on any atom is -0.492 e. The van der Waals surface area contributed by atoms with Crippen LogP contribution in [0.2, 0.25) is 0 Å². The summed E-state index contributed by atoms with van der Waals surface area (Å²) in [5.74, 6) is 3.34. The van der Waals surface area contributed by atoms with E-state index in [0.717, 1.165) is 31.0 Å². The Kier molecular flexibility index (Phi) is 5.56. The highest BCUT2D eigenvalue weighted by atomic mass is 32.2. The Bertz CT molecular complexity index is 427. The molecule has 0 N–H and O–H groups in total. The summed E-state index contributed by atoms with van der Waals surface area (Å²) in [5.41, 5.74) is 1.04.